The highest BCUT2D eigenvalue weighted by Crippen LogP contribution is 2.19. The average molecular weight is 230 g/mol. The molecule has 0 unspecified atom stereocenters. The number of aromatic nitrogens is 2. The first-order valence-corrected chi connectivity index (χ1v) is 4.83. The summed E-state index contributed by atoms with van der Waals surface area (Å²) < 4.78 is 0. The third-order valence-electron chi connectivity index (χ3n) is 2.07. The van der Waals surface area contributed by atoms with Gasteiger partial charge in [-0.15, -0.1) is 0 Å². The number of phenols is 1. The van der Waals surface area contributed by atoms with Crippen molar-refractivity contribution >= 4 is 17.5 Å². The third kappa shape index (κ3) is 2.49. The van der Waals surface area contributed by atoms with Gasteiger partial charge in [0, 0.05) is 18.1 Å². The zero-order valence-electron chi connectivity index (χ0n) is 8.79. The molecule has 4 N–H and O–H groups in total. The number of amides is 1. The van der Waals surface area contributed by atoms with Crippen LogP contribution < -0.4 is 11.1 Å². The van der Waals surface area contributed by atoms with Crippen molar-refractivity contribution in [2.75, 3.05) is 11.1 Å². The van der Waals surface area contributed by atoms with Crippen LogP contribution in [0.25, 0.3) is 0 Å². The Morgan fingerprint density at radius 2 is 2.00 bits per heavy atom. The normalized spacial score (nSPS) is 9.88. The van der Waals surface area contributed by atoms with Crippen molar-refractivity contribution in [1.29, 1.82) is 0 Å². The van der Waals surface area contributed by atoms with Crippen LogP contribution in [0.5, 0.6) is 5.75 Å². The summed E-state index contributed by atoms with van der Waals surface area (Å²) in [5.41, 5.74) is 6.08. The molecule has 1 aromatic carbocycles. The second-order valence-electron chi connectivity index (χ2n) is 3.30. The van der Waals surface area contributed by atoms with E-state index in [0.717, 1.165) is 0 Å². The molecule has 1 amide bonds. The number of nitrogen functional groups attached to an aromatic ring is 1. The average Bonchev–Trinajstić information content (AvgIpc) is 2.33. The molecule has 0 fully saturated rings. The fraction of sp³-hybridized carbons (Fsp3) is 0. The van der Waals surface area contributed by atoms with Crippen LogP contribution in [0.3, 0.4) is 0 Å². The third-order valence-corrected chi connectivity index (χ3v) is 2.07. The molecule has 17 heavy (non-hydrogen) atoms. The molecule has 2 aromatic rings. The number of anilines is 2. The summed E-state index contributed by atoms with van der Waals surface area (Å²) in [4.78, 5) is 19.5. The van der Waals surface area contributed by atoms with Crippen LogP contribution >= 0.6 is 0 Å². The summed E-state index contributed by atoms with van der Waals surface area (Å²) in [7, 11) is 0. The van der Waals surface area contributed by atoms with E-state index in [1.165, 1.54) is 30.6 Å². The Morgan fingerprint density at radius 1 is 1.29 bits per heavy atom. The molecule has 2 rings (SSSR count). The van der Waals surface area contributed by atoms with E-state index in [2.05, 4.69) is 15.3 Å². The van der Waals surface area contributed by atoms with Crippen LogP contribution in [-0.4, -0.2) is 21.0 Å². The Bertz CT molecular complexity index is 542. The van der Waals surface area contributed by atoms with Gasteiger partial charge in [-0.3, -0.25) is 10.1 Å². The quantitative estimate of drug-likeness (QED) is 0.528. The monoisotopic (exact) mass is 230 g/mol. The van der Waals surface area contributed by atoms with Crippen LogP contribution in [0.1, 0.15) is 10.4 Å². The van der Waals surface area contributed by atoms with Gasteiger partial charge in [-0.25, -0.2) is 9.97 Å². The van der Waals surface area contributed by atoms with Crippen LogP contribution in [0.4, 0.5) is 11.6 Å². The van der Waals surface area contributed by atoms with Crippen molar-refractivity contribution in [2.45, 2.75) is 0 Å². The molecular formula is C11H10N4O2. The molecule has 0 radical (unpaired) electrons. The first kappa shape index (κ1) is 10.9. The van der Waals surface area contributed by atoms with Gasteiger partial charge in [0.15, 0.2) is 0 Å². The second-order valence-corrected chi connectivity index (χ2v) is 3.30. The molecule has 1 heterocycles. The van der Waals surface area contributed by atoms with Gasteiger partial charge in [0.1, 0.15) is 5.75 Å². The van der Waals surface area contributed by atoms with E-state index < -0.39 is 5.91 Å². The number of nitrogens with two attached hydrogens (primary N) is 1. The van der Waals surface area contributed by atoms with E-state index in [-0.39, 0.29) is 22.9 Å². The highest BCUT2D eigenvalue weighted by molar-refractivity contribution is 6.07. The largest absolute Gasteiger partial charge is 0.508 e. The molecule has 86 valence electrons. The molecule has 0 saturated heterocycles. The molecule has 0 saturated carbocycles. The van der Waals surface area contributed by atoms with Gasteiger partial charge < -0.3 is 10.8 Å². The van der Waals surface area contributed by atoms with Crippen molar-refractivity contribution in [3.8, 4) is 5.75 Å². The number of nitrogens with one attached hydrogen (secondary N) is 1. The van der Waals surface area contributed by atoms with Crippen molar-refractivity contribution < 1.29 is 9.90 Å². The summed E-state index contributed by atoms with van der Waals surface area (Å²) in [5, 5.41) is 11.8. The number of nitrogens with zero attached hydrogens (tertiary/aromatic N) is 2. The highest BCUT2D eigenvalue weighted by Gasteiger charge is 2.11. The molecule has 1 aromatic heterocycles. The zero-order chi connectivity index (χ0) is 12.3. The summed E-state index contributed by atoms with van der Waals surface area (Å²) in [6.45, 7) is 0. The van der Waals surface area contributed by atoms with Crippen molar-refractivity contribution in [2.24, 2.45) is 0 Å². The van der Waals surface area contributed by atoms with E-state index in [9.17, 15) is 9.90 Å². The minimum absolute atomic E-state index is 0.0293. The van der Waals surface area contributed by atoms with Crippen LogP contribution in [0, 0.1) is 0 Å². The van der Waals surface area contributed by atoms with Crippen LogP contribution in [0.2, 0.25) is 0 Å². The summed E-state index contributed by atoms with van der Waals surface area (Å²) >= 11 is 0. The number of hydrogen-bond donors (Lipinski definition) is 3. The Labute approximate surface area is 97.1 Å². The maximum Gasteiger partial charge on any atom is 0.260 e. The van der Waals surface area contributed by atoms with Gasteiger partial charge in [0.05, 0.1) is 5.56 Å². The summed E-state index contributed by atoms with van der Waals surface area (Å²) in [5.74, 6) is -0.317. The topological polar surface area (TPSA) is 101 Å². The number of carbonyl (C=O) groups is 1. The minimum atomic E-state index is -0.468. The molecular weight excluding hydrogens is 220 g/mol. The van der Waals surface area contributed by atoms with E-state index in [1.807, 2.05) is 0 Å². The van der Waals surface area contributed by atoms with Gasteiger partial charge in [-0.1, -0.05) is 0 Å². The van der Waals surface area contributed by atoms with Gasteiger partial charge >= 0.3 is 0 Å². The fourth-order valence-electron chi connectivity index (χ4n) is 1.27. The van der Waals surface area contributed by atoms with Crippen molar-refractivity contribution in [3.05, 3.63) is 42.2 Å². The zero-order valence-corrected chi connectivity index (χ0v) is 8.79. The van der Waals surface area contributed by atoms with E-state index in [0.29, 0.717) is 0 Å². The predicted octanol–water partition coefficient (Wildman–Crippen LogP) is 1.02. The molecule has 6 nitrogen and oxygen atoms in total. The lowest BCUT2D eigenvalue weighted by molar-refractivity contribution is 0.102. The highest BCUT2D eigenvalue weighted by atomic mass is 16.3. The number of hydrogen-bond acceptors (Lipinski definition) is 5. The lowest BCUT2D eigenvalue weighted by Gasteiger charge is -2.06. The van der Waals surface area contributed by atoms with Crippen LogP contribution in [0.15, 0.2) is 36.7 Å². The number of carbonyl (C=O) groups excluding carboxylic acids is 1. The maximum absolute atomic E-state index is 11.8. The summed E-state index contributed by atoms with van der Waals surface area (Å²) in [6.07, 6.45) is 3.02. The first-order valence-electron chi connectivity index (χ1n) is 4.83. The van der Waals surface area contributed by atoms with E-state index in [4.69, 9.17) is 5.73 Å². The van der Waals surface area contributed by atoms with Gasteiger partial charge in [-0.05, 0) is 24.3 Å². The number of aromatic hydroxyl groups is 1. The van der Waals surface area contributed by atoms with Crippen molar-refractivity contribution in [3.63, 3.8) is 0 Å². The van der Waals surface area contributed by atoms with Crippen molar-refractivity contribution in [1.82, 2.24) is 9.97 Å². The predicted molar refractivity (Wildman–Crippen MR) is 62.5 cm³/mol. The Morgan fingerprint density at radius 3 is 2.71 bits per heavy atom. The van der Waals surface area contributed by atoms with E-state index >= 15 is 0 Å². The lowest BCUT2D eigenvalue weighted by atomic mass is 10.1. The standard InChI is InChI=1S/C11H10N4O2/c12-9-3-2-7(16)6-8(9)10(17)15-11-13-4-1-5-14-11/h1-6,16H,12H2,(H,13,14,15,17). The molecule has 0 bridgehead atoms. The van der Waals surface area contributed by atoms with Crippen LogP contribution in [-0.2, 0) is 0 Å². The molecule has 0 aliphatic rings. The van der Waals surface area contributed by atoms with Gasteiger partial charge in [0.2, 0.25) is 5.95 Å². The SMILES string of the molecule is Nc1ccc(O)cc1C(=O)Nc1ncccn1. The Hall–Kier alpha value is -2.63. The molecule has 6 heteroatoms. The molecule has 0 atom stereocenters. The molecule has 0 aliphatic heterocycles. The number of rotatable bonds is 2. The fourth-order valence-corrected chi connectivity index (χ4v) is 1.27. The maximum atomic E-state index is 11.8. The van der Waals surface area contributed by atoms with E-state index in [1.54, 1.807) is 6.07 Å². The smallest absolute Gasteiger partial charge is 0.260 e. The van der Waals surface area contributed by atoms with Gasteiger partial charge in [-0.2, -0.15) is 0 Å². The number of phenolic OH excluding ortho intramolecular Hbond substituents is 1. The first-order chi connectivity index (χ1) is 8.16. The Balaban J connectivity index is 2.23. The minimum Gasteiger partial charge on any atom is -0.508 e. The van der Waals surface area contributed by atoms with Gasteiger partial charge in [0.25, 0.3) is 5.91 Å². The lowest BCUT2D eigenvalue weighted by Crippen LogP contribution is -2.15. The summed E-state index contributed by atoms with van der Waals surface area (Å²) in [6, 6.07) is 5.78. The molecule has 0 aliphatic carbocycles. The molecule has 0 spiro atoms. The Kier molecular flexibility index (Phi) is 2.87. The second kappa shape index (κ2) is 4.48. The number of benzene rings is 1.